The minimum absolute atomic E-state index is 0.000986. The average molecular weight is 249 g/mol. The van der Waals surface area contributed by atoms with Crippen molar-refractivity contribution in [3.8, 4) is 0 Å². The van der Waals surface area contributed by atoms with Crippen LogP contribution in [-0.4, -0.2) is 44.9 Å². The number of rotatable bonds is 9. The van der Waals surface area contributed by atoms with Gasteiger partial charge in [-0.1, -0.05) is 0 Å². The quantitative estimate of drug-likeness (QED) is 0.435. The van der Waals surface area contributed by atoms with Crippen molar-refractivity contribution in [1.82, 2.24) is 5.32 Å². The summed E-state index contributed by atoms with van der Waals surface area (Å²) in [5.41, 5.74) is 0. The summed E-state index contributed by atoms with van der Waals surface area (Å²) in [5.74, 6) is 0.340. The normalized spacial score (nSPS) is 13.8. The van der Waals surface area contributed by atoms with Crippen molar-refractivity contribution >= 4 is 16.1 Å². The van der Waals surface area contributed by atoms with Gasteiger partial charge in [-0.05, 0) is 0 Å². The molecule has 5 nitrogen and oxygen atoms in total. The molecule has 0 aliphatic heterocycles. The third kappa shape index (κ3) is 7.95. The predicted molar refractivity (Wildman–Crippen MR) is 63.2 cm³/mol. The Kier molecular flexibility index (Phi) is 7.79. The van der Waals surface area contributed by atoms with E-state index < -0.39 is 9.69 Å². The molecule has 0 saturated heterocycles. The summed E-state index contributed by atoms with van der Waals surface area (Å²) < 4.78 is 31.8. The molecule has 0 aliphatic carbocycles. The molecule has 94 valence electrons. The summed E-state index contributed by atoms with van der Waals surface area (Å²) in [6.45, 7) is 4.64. The van der Waals surface area contributed by atoms with Gasteiger partial charge < -0.3 is 0 Å². The molecule has 1 unspecified atom stereocenters. The number of aliphatic hydroxyl groups is 1. The first-order chi connectivity index (χ1) is 7.41. The van der Waals surface area contributed by atoms with Gasteiger partial charge in [0, 0.05) is 0 Å². The van der Waals surface area contributed by atoms with Gasteiger partial charge in [0.05, 0.1) is 0 Å². The van der Waals surface area contributed by atoms with E-state index in [2.05, 4.69) is 19.2 Å². The van der Waals surface area contributed by atoms with Crippen molar-refractivity contribution in [2.75, 3.05) is 18.9 Å². The van der Waals surface area contributed by atoms with E-state index in [4.69, 9.17) is 5.11 Å². The Morgan fingerprint density at radius 2 is 2.00 bits per heavy atom. The molecule has 2 N–H and O–H groups in total. The van der Waals surface area contributed by atoms with E-state index in [1.807, 2.05) is 0 Å². The predicted octanol–water partition coefficient (Wildman–Crippen LogP) is -0.247. The van der Waals surface area contributed by atoms with Crippen LogP contribution in [0.3, 0.4) is 0 Å². The van der Waals surface area contributed by atoms with E-state index in [1.54, 1.807) is 0 Å². The van der Waals surface area contributed by atoms with E-state index in [0.29, 0.717) is 18.9 Å². The van der Waals surface area contributed by atoms with Crippen LogP contribution in [0, 0.1) is 5.92 Å². The van der Waals surface area contributed by atoms with Crippen LogP contribution in [0.1, 0.15) is 26.7 Å². The van der Waals surface area contributed by atoms with E-state index in [0.717, 1.165) is 6.42 Å². The van der Waals surface area contributed by atoms with E-state index >= 15 is 0 Å². The second kappa shape index (κ2) is 7.92. The van der Waals surface area contributed by atoms with Gasteiger partial charge in [-0.2, -0.15) is 0 Å². The van der Waals surface area contributed by atoms with Gasteiger partial charge in [0.2, 0.25) is 0 Å². The second-order valence-electron chi connectivity index (χ2n) is 4.28. The van der Waals surface area contributed by atoms with Crippen molar-refractivity contribution in [2.24, 2.45) is 5.92 Å². The fourth-order valence-electron chi connectivity index (χ4n) is 1.42. The maximum absolute atomic E-state index is 10.8. The van der Waals surface area contributed by atoms with Gasteiger partial charge in [0.15, 0.2) is 0 Å². The monoisotopic (exact) mass is 249 g/mol. The zero-order chi connectivity index (χ0) is 12.6. The number of nitrogens with one attached hydrogen (secondary N) is 1. The molecule has 0 heterocycles. The molecule has 0 radical (unpaired) electrons. The van der Waals surface area contributed by atoms with Gasteiger partial charge in [-0.15, -0.1) is 0 Å². The molecule has 0 aromatic carbocycles. The maximum atomic E-state index is 10.8. The molecule has 16 heavy (non-hydrogen) atoms. The summed E-state index contributed by atoms with van der Waals surface area (Å²) in [6, 6.07) is -0.000986. The summed E-state index contributed by atoms with van der Waals surface area (Å²) in [6.07, 6.45) is 1.22. The standard InChI is InChI=1S/C9H20BNO4S/c1-8(2)6-9(7-12)11-4-3-5-16(14,15)10-13/h8-9,11-12H,3-7H2,1-2H3. The van der Waals surface area contributed by atoms with Crippen LogP contribution in [0.25, 0.3) is 0 Å². The third-order valence-corrected chi connectivity index (χ3v) is 3.31. The topological polar surface area (TPSA) is 83.5 Å². The molecular formula is C9H20BNO4S. The molecule has 0 rings (SSSR count). The van der Waals surface area contributed by atoms with Gasteiger partial charge in [0.25, 0.3) is 0 Å². The Labute approximate surface area is 97.7 Å². The van der Waals surface area contributed by atoms with Crippen LogP contribution >= 0.6 is 0 Å². The van der Waals surface area contributed by atoms with Crippen LogP contribution in [0.5, 0.6) is 0 Å². The van der Waals surface area contributed by atoms with Crippen molar-refractivity contribution in [2.45, 2.75) is 32.7 Å². The van der Waals surface area contributed by atoms with Crippen LogP contribution in [-0.2, 0) is 14.4 Å². The van der Waals surface area contributed by atoms with E-state index in [-0.39, 0.29) is 24.8 Å². The fraction of sp³-hybridized carbons (Fsp3) is 1.00. The molecule has 0 spiro atoms. The van der Waals surface area contributed by atoms with Crippen molar-refractivity contribution in [3.63, 3.8) is 0 Å². The first kappa shape index (κ1) is 15.7. The van der Waals surface area contributed by atoms with Crippen LogP contribution < -0.4 is 5.32 Å². The second-order valence-corrected chi connectivity index (χ2v) is 6.21. The van der Waals surface area contributed by atoms with Gasteiger partial charge in [0.1, 0.15) is 0 Å². The minimum atomic E-state index is -3.53. The van der Waals surface area contributed by atoms with Gasteiger partial charge in [-0.25, -0.2) is 0 Å². The van der Waals surface area contributed by atoms with Crippen molar-refractivity contribution in [1.29, 1.82) is 0 Å². The Bertz CT molecular complexity index is 292. The summed E-state index contributed by atoms with van der Waals surface area (Å²) in [7, 11) is -3.53. The van der Waals surface area contributed by atoms with Crippen LogP contribution in [0.15, 0.2) is 0 Å². The Morgan fingerprint density at radius 3 is 2.44 bits per heavy atom. The Morgan fingerprint density at radius 1 is 1.38 bits per heavy atom. The van der Waals surface area contributed by atoms with E-state index in [9.17, 15) is 13.1 Å². The molecule has 0 bridgehead atoms. The Hall–Kier alpha value is -0.265. The molecule has 1 atom stereocenters. The fourth-order valence-corrected chi connectivity index (χ4v) is 2.06. The Balaban J connectivity index is 3.75. The molecular weight excluding hydrogens is 229 g/mol. The zero-order valence-corrected chi connectivity index (χ0v) is 10.7. The number of aliphatic hydroxyl groups excluding tert-OH is 1. The van der Waals surface area contributed by atoms with E-state index in [1.165, 1.54) is 0 Å². The van der Waals surface area contributed by atoms with Crippen LogP contribution in [0.4, 0.5) is 0 Å². The molecule has 0 aliphatic rings. The first-order valence-electron chi connectivity index (χ1n) is 5.43. The molecule has 0 fully saturated rings. The number of hydrogen-bond donors (Lipinski definition) is 2. The molecule has 0 aromatic heterocycles. The van der Waals surface area contributed by atoms with Crippen molar-refractivity contribution < 1.29 is 18.2 Å². The molecule has 7 heteroatoms. The van der Waals surface area contributed by atoms with Crippen molar-refractivity contribution in [3.05, 3.63) is 0 Å². The summed E-state index contributed by atoms with van der Waals surface area (Å²) >= 11 is 0. The summed E-state index contributed by atoms with van der Waals surface area (Å²) in [4.78, 5) is 0. The molecule has 0 amide bonds. The van der Waals surface area contributed by atoms with Crippen LogP contribution in [0.2, 0.25) is 0 Å². The number of hydrogen-bond acceptors (Lipinski definition) is 5. The molecule has 0 aromatic rings. The molecule has 0 saturated carbocycles. The first-order valence-corrected chi connectivity index (χ1v) is 7.15. The summed E-state index contributed by atoms with van der Waals surface area (Å²) in [5, 5.41) is 12.1. The average Bonchev–Trinajstić information content (AvgIpc) is 2.22. The van der Waals surface area contributed by atoms with Gasteiger partial charge >= 0.3 is 97.2 Å². The SMILES string of the molecule is CC(C)CC(CO)NCCCS(=O)(=O)B=O. The third-order valence-electron chi connectivity index (χ3n) is 2.16. The zero-order valence-electron chi connectivity index (χ0n) is 9.85. The van der Waals surface area contributed by atoms with Gasteiger partial charge in [-0.3, -0.25) is 0 Å².